The number of piperidine rings is 1. The van der Waals surface area contributed by atoms with Crippen LogP contribution < -0.4 is 15.6 Å². The van der Waals surface area contributed by atoms with E-state index < -0.39 is 5.82 Å². The highest BCUT2D eigenvalue weighted by atomic mass is 19.1. The Balaban J connectivity index is 1.59. The molecule has 2 saturated heterocycles. The van der Waals surface area contributed by atoms with Gasteiger partial charge in [0.2, 0.25) is 5.43 Å². The first-order chi connectivity index (χ1) is 14.1. The van der Waals surface area contributed by atoms with E-state index in [9.17, 15) is 14.0 Å². The first-order valence-corrected chi connectivity index (χ1v) is 10.7. The van der Waals surface area contributed by atoms with Gasteiger partial charge >= 0.3 is 0 Å². The minimum atomic E-state index is -0.399. The zero-order valence-electron chi connectivity index (χ0n) is 16.8. The number of hydrogen-bond donors (Lipinski definition) is 1. The van der Waals surface area contributed by atoms with Gasteiger partial charge in [-0.15, -0.1) is 0 Å². The molecule has 29 heavy (non-hydrogen) atoms. The Morgan fingerprint density at radius 1 is 1.24 bits per heavy atom. The van der Waals surface area contributed by atoms with Crippen molar-refractivity contribution in [1.82, 2.24) is 14.8 Å². The van der Waals surface area contributed by atoms with E-state index in [1.165, 1.54) is 12.5 Å². The van der Waals surface area contributed by atoms with Gasteiger partial charge in [0.25, 0.3) is 5.91 Å². The van der Waals surface area contributed by atoms with Gasteiger partial charge in [0.15, 0.2) is 0 Å². The van der Waals surface area contributed by atoms with Crippen molar-refractivity contribution in [2.45, 2.75) is 38.8 Å². The van der Waals surface area contributed by atoms with Crippen LogP contribution in [0.3, 0.4) is 0 Å². The molecule has 0 spiro atoms. The second-order valence-corrected chi connectivity index (χ2v) is 8.51. The molecular weight excluding hydrogens is 371 g/mol. The maximum Gasteiger partial charge on any atom is 0.259 e. The highest BCUT2D eigenvalue weighted by Crippen LogP contribution is 2.38. The number of nitrogens with zero attached hydrogens (tertiary/aromatic N) is 3. The van der Waals surface area contributed by atoms with Crippen LogP contribution in [-0.2, 0) is 6.54 Å². The maximum atomic E-state index is 15.0. The van der Waals surface area contributed by atoms with Crippen molar-refractivity contribution in [3.63, 3.8) is 0 Å². The van der Waals surface area contributed by atoms with Gasteiger partial charge in [-0.2, -0.15) is 0 Å². The Labute approximate surface area is 169 Å². The molecule has 0 radical (unpaired) electrons. The Bertz CT molecular complexity index is 1030. The third-order valence-electron chi connectivity index (χ3n) is 6.85. The monoisotopic (exact) mass is 398 g/mol. The molecule has 2 atom stereocenters. The summed E-state index contributed by atoms with van der Waals surface area (Å²) < 4.78 is 16.9. The number of fused-ring (bicyclic) bond motifs is 3. The zero-order valence-corrected chi connectivity index (χ0v) is 16.8. The number of aromatic nitrogens is 1. The van der Waals surface area contributed by atoms with Gasteiger partial charge in [-0.1, -0.05) is 0 Å². The van der Waals surface area contributed by atoms with Gasteiger partial charge in [-0.25, -0.2) is 4.39 Å². The molecule has 3 fully saturated rings. The fourth-order valence-corrected chi connectivity index (χ4v) is 5.29. The summed E-state index contributed by atoms with van der Waals surface area (Å²) in [5, 5.41) is 3.56. The van der Waals surface area contributed by atoms with Crippen LogP contribution in [0.4, 0.5) is 10.1 Å². The largest absolute Gasteiger partial charge is 0.367 e. The van der Waals surface area contributed by atoms with Crippen LogP contribution in [0.25, 0.3) is 10.9 Å². The molecule has 154 valence electrons. The first-order valence-electron chi connectivity index (χ1n) is 10.7. The number of piperazine rings is 1. The number of pyridine rings is 1. The second kappa shape index (κ2) is 7.13. The van der Waals surface area contributed by atoms with Gasteiger partial charge in [0.1, 0.15) is 11.4 Å². The third-order valence-corrected chi connectivity index (χ3v) is 6.85. The predicted molar refractivity (Wildman–Crippen MR) is 111 cm³/mol. The van der Waals surface area contributed by atoms with E-state index in [-0.39, 0.29) is 22.9 Å². The lowest BCUT2D eigenvalue weighted by Gasteiger charge is -2.30. The number of nitrogens with one attached hydrogen (secondary N) is 1. The van der Waals surface area contributed by atoms with Crippen LogP contribution in [0, 0.1) is 11.7 Å². The molecule has 2 bridgehead atoms. The molecule has 1 amide bonds. The summed E-state index contributed by atoms with van der Waals surface area (Å²) in [6, 6.07) is 3.35. The summed E-state index contributed by atoms with van der Waals surface area (Å²) in [4.78, 5) is 30.2. The van der Waals surface area contributed by atoms with Crippen molar-refractivity contribution in [2.24, 2.45) is 5.92 Å². The standard InChI is InChI=1S/C22H27FN4O2/c1-2-25-13-17(22(29)27-12-14-3-4-15(27)9-14)21(28)16-10-18(23)20(11-19(16)25)26-7-5-24-6-8-26/h10-11,13-15,24H,2-9,12H2,1H3. The number of carbonyl (C=O) groups excluding carboxylic acids is 1. The van der Waals surface area contributed by atoms with Gasteiger partial charge < -0.3 is 19.7 Å². The average Bonchev–Trinajstić information content (AvgIpc) is 3.38. The number of anilines is 1. The van der Waals surface area contributed by atoms with Gasteiger partial charge in [-0.3, -0.25) is 9.59 Å². The summed E-state index contributed by atoms with van der Waals surface area (Å²) in [7, 11) is 0. The summed E-state index contributed by atoms with van der Waals surface area (Å²) >= 11 is 0. The number of likely N-dealkylation sites (tertiary alicyclic amines) is 1. The topological polar surface area (TPSA) is 57.6 Å². The predicted octanol–water partition coefficient (Wildman–Crippen LogP) is 2.19. The quantitative estimate of drug-likeness (QED) is 0.861. The molecule has 1 aliphatic carbocycles. The van der Waals surface area contributed by atoms with Crippen molar-refractivity contribution in [3.05, 3.63) is 39.9 Å². The van der Waals surface area contributed by atoms with E-state index in [2.05, 4.69) is 5.32 Å². The molecule has 1 aromatic heterocycles. The maximum absolute atomic E-state index is 15.0. The van der Waals surface area contributed by atoms with Crippen LogP contribution in [0.1, 0.15) is 36.5 Å². The number of rotatable bonds is 3. The Hall–Kier alpha value is -2.41. The van der Waals surface area contributed by atoms with Gasteiger partial charge in [0.05, 0.1) is 11.2 Å². The van der Waals surface area contributed by atoms with Crippen LogP contribution >= 0.6 is 0 Å². The minimum absolute atomic E-state index is 0.168. The molecule has 5 rings (SSSR count). The van der Waals surface area contributed by atoms with E-state index in [0.29, 0.717) is 29.1 Å². The number of amides is 1. The van der Waals surface area contributed by atoms with Gasteiger partial charge in [0, 0.05) is 56.9 Å². The Morgan fingerprint density at radius 2 is 2.03 bits per heavy atom. The molecular formula is C22H27FN4O2. The lowest BCUT2D eigenvalue weighted by molar-refractivity contribution is 0.0701. The molecule has 2 unspecified atom stereocenters. The van der Waals surface area contributed by atoms with Crippen LogP contribution in [0.15, 0.2) is 23.1 Å². The van der Waals surface area contributed by atoms with Crippen molar-refractivity contribution < 1.29 is 9.18 Å². The average molecular weight is 398 g/mol. The SMILES string of the molecule is CCn1cc(C(=O)N2CC3CCC2C3)c(=O)c2cc(F)c(N3CCNCC3)cc21. The Kier molecular flexibility index (Phi) is 4.57. The highest BCUT2D eigenvalue weighted by Gasteiger charge is 2.41. The van der Waals surface area contributed by atoms with E-state index in [4.69, 9.17) is 0 Å². The fourth-order valence-electron chi connectivity index (χ4n) is 5.29. The van der Waals surface area contributed by atoms with Crippen molar-refractivity contribution in [1.29, 1.82) is 0 Å². The highest BCUT2D eigenvalue weighted by molar-refractivity contribution is 5.98. The van der Waals surface area contributed by atoms with Crippen LogP contribution in [-0.4, -0.2) is 54.1 Å². The molecule has 1 aromatic carbocycles. The fraction of sp³-hybridized carbons (Fsp3) is 0.545. The molecule has 1 saturated carbocycles. The van der Waals surface area contributed by atoms with Crippen molar-refractivity contribution >= 4 is 22.5 Å². The third kappa shape index (κ3) is 3.03. The molecule has 2 aliphatic heterocycles. The number of carbonyl (C=O) groups is 1. The van der Waals surface area contributed by atoms with Crippen molar-refractivity contribution in [2.75, 3.05) is 37.6 Å². The number of aryl methyl sites for hydroxylation is 1. The summed E-state index contributed by atoms with van der Waals surface area (Å²) in [5.74, 6) is -0.0290. The van der Waals surface area contributed by atoms with E-state index in [1.807, 2.05) is 21.3 Å². The molecule has 3 aliphatic rings. The minimum Gasteiger partial charge on any atom is -0.367 e. The van der Waals surface area contributed by atoms with E-state index in [0.717, 1.165) is 45.6 Å². The van der Waals surface area contributed by atoms with Crippen LogP contribution in [0.2, 0.25) is 0 Å². The number of hydrogen-bond acceptors (Lipinski definition) is 4. The summed E-state index contributed by atoms with van der Waals surface area (Å²) in [6.07, 6.45) is 4.92. The molecule has 6 nitrogen and oxygen atoms in total. The smallest absolute Gasteiger partial charge is 0.259 e. The second-order valence-electron chi connectivity index (χ2n) is 8.51. The van der Waals surface area contributed by atoms with E-state index in [1.54, 1.807) is 12.3 Å². The first kappa shape index (κ1) is 18.6. The lowest BCUT2D eigenvalue weighted by atomic mass is 10.1. The molecule has 1 N–H and O–H groups in total. The van der Waals surface area contributed by atoms with E-state index >= 15 is 0 Å². The lowest BCUT2D eigenvalue weighted by Crippen LogP contribution is -2.44. The Morgan fingerprint density at radius 3 is 2.69 bits per heavy atom. The molecule has 2 aromatic rings. The summed E-state index contributed by atoms with van der Waals surface area (Å²) in [6.45, 7) is 6.40. The molecule has 3 heterocycles. The molecule has 7 heteroatoms. The normalized spacial score (nSPS) is 23.9. The zero-order chi connectivity index (χ0) is 20.1. The number of benzene rings is 1. The number of halogens is 1. The van der Waals surface area contributed by atoms with Gasteiger partial charge in [-0.05, 0) is 44.2 Å². The van der Waals surface area contributed by atoms with Crippen molar-refractivity contribution in [3.8, 4) is 0 Å². The van der Waals surface area contributed by atoms with Crippen LogP contribution in [0.5, 0.6) is 0 Å². The summed E-state index contributed by atoms with van der Waals surface area (Å²) in [5.41, 5.74) is 1.02.